The highest BCUT2D eigenvalue weighted by Crippen LogP contribution is 2.30. The van der Waals surface area contributed by atoms with Gasteiger partial charge in [0.1, 0.15) is 10.9 Å². The average Bonchev–Trinajstić information content (AvgIpc) is 2.60. The molecule has 0 bridgehead atoms. The normalized spacial score (nSPS) is 10.4. The molecule has 0 unspecified atom stereocenters. The minimum atomic E-state index is 0.0363. The lowest BCUT2D eigenvalue weighted by atomic mass is 10.1. The van der Waals surface area contributed by atoms with E-state index < -0.39 is 0 Å². The van der Waals surface area contributed by atoms with Gasteiger partial charge in [-0.05, 0) is 29.5 Å². The predicted molar refractivity (Wildman–Crippen MR) is 57.2 cm³/mol. The summed E-state index contributed by atoms with van der Waals surface area (Å²) in [5, 5.41) is 19.0. The number of aliphatic hydroxyl groups excluding tert-OH is 1. The van der Waals surface area contributed by atoms with Gasteiger partial charge in [-0.25, -0.2) is 0 Å². The third kappa shape index (κ3) is 1.29. The number of rotatable bonds is 1. The standard InChI is InChI=1S/C11H9NOS/c1-7-2-3-8-4-9(5-12)14-11(8)10(7)6-13/h2-4,13H,6H2,1H3. The number of hydrogen-bond donors (Lipinski definition) is 1. The molecular formula is C11H9NOS. The second-order valence-corrected chi connectivity index (χ2v) is 4.21. The van der Waals surface area contributed by atoms with Crippen LogP contribution in [0.1, 0.15) is 16.0 Å². The fourth-order valence-electron chi connectivity index (χ4n) is 1.51. The zero-order valence-corrected chi connectivity index (χ0v) is 8.56. The van der Waals surface area contributed by atoms with E-state index in [-0.39, 0.29) is 6.61 Å². The lowest BCUT2D eigenvalue weighted by Crippen LogP contribution is -1.87. The van der Waals surface area contributed by atoms with Crippen LogP contribution < -0.4 is 0 Å². The van der Waals surface area contributed by atoms with Crippen LogP contribution in [0.15, 0.2) is 18.2 Å². The number of nitriles is 1. The first kappa shape index (κ1) is 9.20. The van der Waals surface area contributed by atoms with Gasteiger partial charge >= 0.3 is 0 Å². The van der Waals surface area contributed by atoms with Gasteiger partial charge in [0, 0.05) is 4.70 Å². The Balaban J connectivity index is 2.81. The van der Waals surface area contributed by atoms with Crippen LogP contribution >= 0.6 is 11.3 Å². The van der Waals surface area contributed by atoms with Gasteiger partial charge in [0.15, 0.2) is 0 Å². The van der Waals surface area contributed by atoms with Crippen LogP contribution in [0.4, 0.5) is 0 Å². The number of thiophene rings is 1. The van der Waals surface area contributed by atoms with Crippen LogP contribution in [0.3, 0.4) is 0 Å². The van der Waals surface area contributed by atoms with Gasteiger partial charge in [0.2, 0.25) is 0 Å². The molecule has 1 N–H and O–H groups in total. The first-order valence-electron chi connectivity index (χ1n) is 4.29. The summed E-state index contributed by atoms with van der Waals surface area (Å²) in [6.07, 6.45) is 0. The smallest absolute Gasteiger partial charge is 0.110 e. The molecule has 2 nitrogen and oxygen atoms in total. The molecule has 1 aromatic carbocycles. The molecule has 2 rings (SSSR count). The van der Waals surface area contributed by atoms with Crippen molar-refractivity contribution in [1.29, 1.82) is 5.26 Å². The van der Waals surface area contributed by atoms with Crippen LogP contribution in [-0.4, -0.2) is 5.11 Å². The Morgan fingerprint density at radius 3 is 2.93 bits per heavy atom. The molecule has 0 aliphatic rings. The molecule has 0 amide bonds. The molecule has 2 aromatic rings. The molecule has 3 heteroatoms. The van der Waals surface area contributed by atoms with Crippen molar-refractivity contribution in [3.63, 3.8) is 0 Å². The lowest BCUT2D eigenvalue weighted by molar-refractivity contribution is 0.283. The van der Waals surface area contributed by atoms with Crippen LogP contribution in [0.25, 0.3) is 10.1 Å². The fraction of sp³-hybridized carbons (Fsp3) is 0.182. The van der Waals surface area contributed by atoms with E-state index in [0.717, 1.165) is 21.2 Å². The summed E-state index contributed by atoms with van der Waals surface area (Å²) in [5.41, 5.74) is 2.01. The van der Waals surface area contributed by atoms with E-state index in [0.29, 0.717) is 4.88 Å². The molecule has 1 aromatic heterocycles. The maximum atomic E-state index is 9.22. The van der Waals surface area contributed by atoms with E-state index in [1.807, 2.05) is 25.1 Å². The minimum Gasteiger partial charge on any atom is -0.392 e. The molecule has 0 saturated heterocycles. The van der Waals surface area contributed by atoms with Crippen molar-refractivity contribution in [2.75, 3.05) is 0 Å². The lowest BCUT2D eigenvalue weighted by Gasteiger charge is -2.02. The van der Waals surface area contributed by atoms with E-state index in [1.165, 1.54) is 11.3 Å². The van der Waals surface area contributed by atoms with Crippen molar-refractivity contribution in [2.24, 2.45) is 0 Å². The minimum absolute atomic E-state index is 0.0363. The van der Waals surface area contributed by atoms with Crippen molar-refractivity contribution in [3.05, 3.63) is 34.2 Å². The SMILES string of the molecule is Cc1ccc2cc(C#N)sc2c1CO. The Kier molecular flexibility index (Phi) is 2.24. The number of nitrogens with zero attached hydrogens (tertiary/aromatic N) is 1. The maximum Gasteiger partial charge on any atom is 0.110 e. The average molecular weight is 203 g/mol. The van der Waals surface area contributed by atoms with Gasteiger partial charge in [-0.2, -0.15) is 5.26 Å². The predicted octanol–water partition coefficient (Wildman–Crippen LogP) is 2.57. The summed E-state index contributed by atoms with van der Waals surface area (Å²) in [6.45, 7) is 2.01. The molecular weight excluding hydrogens is 194 g/mol. The maximum absolute atomic E-state index is 9.22. The zero-order chi connectivity index (χ0) is 10.1. The summed E-state index contributed by atoms with van der Waals surface area (Å²) < 4.78 is 1.03. The number of aliphatic hydroxyl groups is 1. The van der Waals surface area contributed by atoms with Crippen LogP contribution in [0, 0.1) is 18.3 Å². The summed E-state index contributed by atoms with van der Waals surface area (Å²) in [4.78, 5) is 0.695. The number of benzene rings is 1. The van der Waals surface area contributed by atoms with E-state index >= 15 is 0 Å². The Morgan fingerprint density at radius 1 is 1.50 bits per heavy atom. The first-order valence-corrected chi connectivity index (χ1v) is 5.11. The van der Waals surface area contributed by atoms with Gasteiger partial charge in [0.05, 0.1) is 6.61 Å². The third-order valence-electron chi connectivity index (χ3n) is 2.29. The van der Waals surface area contributed by atoms with E-state index in [2.05, 4.69) is 6.07 Å². The van der Waals surface area contributed by atoms with E-state index in [1.54, 1.807) is 0 Å². The van der Waals surface area contributed by atoms with Crippen molar-refractivity contribution in [3.8, 4) is 6.07 Å². The molecule has 0 atom stereocenters. The molecule has 0 radical (unpaired) electrons. The Hall–Kier alpha value is -1.37. The van der Waals surface area contributed by atoms with Gasteiger partial charge in [-0.15, -0.1) is 11.3 Å². The van der Waals surface area contributed by atoms with Gasteiger partial charge in [-0.3, -0.25) is 0 Å². The molecule has 0 fully saturated rings. The number of hydrogen-bond acceptors (Lipinski definition) is 3. The third-order valence-corrected chi connectivity index (χ3v) is 3.41. The van der Waals surface area contributed by atoms with Gasteiger partial charge in [0.25, 0.3) is 0 Å². The molecule has 0 saturated carbocycles. The highest BCUT2D eigenvalue weighted by Gasteiger charge is 2.07. The van der Waals surface area contributed by atoms with Crippen LogP contribution in [-0.2, 0) is 6.61 Å². The van der Waals surface area contributed by atoms with E-state index in [9.17, 15) is 5.11 Å². The first-order chi connectivity index (χ1) is 6.76. The van der Waals surface area contributed by atoms with Crippen molar-refractivity contribution in [2.45, 2.75) is 13.5 Å². The van der Waals surface area contributed by atoms with Gasteiger partial charge in [-0.1, -0.05) is 12.1 Å². The van der Waals surface area contributed by atoms with Crippen LogP contribution in [0.5, 0.6) is 0 Å². The molecule has 1 heterocycles. The summed E-state index contributed by atoms with van der Waals surface area (Å²) >= 11 is 1.44. The second-order valence-electron chi connectivity index (χ2n) is 3.16. The van der Waals surface area contributed by atoms with Crippen molar-refractivity contribution >= 4 is 21.4 Å². The molecule has 0 aliphatic carbocycles. The Labute approximate surface area is 86.0 Å². The Morgan fingerprint density at radius 2 is 2.29 bits per heavy atom. The quantitative estimate of drug-likeness (QED) is 0.774. The van der Waals surface area contributed by atoms with Gasteiger partial charge < -0.3 is 5.11 Å². The summed E-state index contributed by atoms with van der Waals surface area (Å²) in [6, 6.07) is 7.95. The summed E-state index contributed by atoms with van der Waals surface area (Å²) in [5.74, 6) is 0. The fourth-order valence-corrected chi connectivity index (χ4v) is 2.56. The number of aryl methyl sites for hydroxylation is 1. The van der Waals surface area contributed by atoms with Crippen molar-refractivity contribution in [1.82, 2.24) is 0 Å². The second kappa shape index (κ2) is 3.41. The molecule has 0 aliphatic heterocycles. The number of fused-ring (bicyclic) bond motifs is 1. The monoisotopic (exact) mass is 203 g/mol. The van der Waals surface area contributed by atoms with Crippen LogP contribution in [0.2, 0.25) is 0 Å². The largest absolute Gasteiger partial charge is 0.392 e. The molecule has 14 heavy (non-hydrogen) atoms. The molecule has 0 spiro atoms. The highest BCUT2D eigenvalue weighted by atomic mass is 32.1. The Bertz CT molecular complexity index is 522. The zero-order valence-electron chi connectivity index (χ0n) is 7.74. The van der Waals surface area contributed by atoms with Crippen molar-refractivity contribution < 1.29 is 5.11 Å². The topological polar surface area (TPSA) is 44.0 Å². The molecule has 70 valence electrons. The van der Waals surface area contributed by atoms with E-state index in [4.69, 9.17) is 5.26 Å². The highest BCUT2D eigenvalue weighted by molar-refractivity contribution is 7.19. The summed E-state index contributed by atoms with van der Waals surface area (Å²) in [7, 11) is 0.